The minimum absolute atomic E-state index is 0.0656. The molecule has 6 nitrogen and oxygen atoms in total. The van der Waals surface area contributed by atoms with E-state index in [1.165, 1.54) is 14.2 Å². The van der Waals surface area contributed by atoms with Crippen molar-refractivity contribution < 1.29 is 28.5 Å². The summed E-state index contributed by atoms with van der Waals surface area (Å²) in [6.45, 7) is 0.274. The Bertz CT molecular complexity index is 393. The van der Waals surface area contributed by atoms with Crippen molar-refractivity contribution in [3.8, 4) is 0 Å². The highest BCUT2D eigenvalue weighted by molar-refractivity contribution is 5.94. The lowest BCUT2D eigenvalue weighted by Gasteiger charge is -2.55. The van der Waals surface area contributed by atoms with Gasteiger partial charge in [-0.15, -0.1) is 0 Å². The second-order valence-corrected chi connectivity index (χ2v) is 4.67. The third kappa shape index (κ3) is 0.978. The van der Waals surface area contributed by atoms with E-state index in [0.29, 0.717) is 13.0 Å². The maximum atomic E-state index is 12.1. The number of esters is 1. The topological polar surface area (TPSA) is 71.1 Å². The molecule has 2 heterocycles. The van der Waals surface area contributed by atoms with E-state index in [9.17, 15) is 9.59 Å². The zero-order chi connectivity index (χ0) is 12.3. The van der Waals surface area contributed by atoms with Crippen LogP contribution >= 0.6 is 0 Å². The monoisotopic (exact) mass is 242 g/mol. The van der Waals surface area contributed by atoms with Crippen LogP contribution in [0.3, 0.4) is 0 Å². The zero-order valence-electron chi connectivity index (χ0n) is 9.73. The van der Waals surface area contributed by atoms with Gasteiger partial charge in [0.2, 0.25) is 0 Å². The Morgan fingerprint density at radius 2 is 2.18 bits per heavy atom. The van der Waals surface area contributed by atoms with Crippen LogP contribution in [0.2, 0.25) is 0 Å². The summed E-state index contributed by atoms with van der Waals surface area (Å²) >= 11 is 0. The first kappa shape index (κ1) is 11.1. The second kappa shape index (κ2) is 3.28. The lowest BCUT2D eigenvalue weighted by molar-refractivity contribution is -0.409. The van der Waals surface area contributed by atoms with E-state index < -0.39 is 23.3 Å². The van der Waals surface area contributed by atoms with E-state index >= 15 is 0 Å². The van der Waals surface area contributed by atoms with Crippen LogP contribution in [-0.2, 0) is 28.5 Å². The minimum Gasteiger partial charge on any atom is -0.468 e. The number of carbonyl (C=O) groups excluding carboxylic acids is 2. The van der Waals surface area contributed by atoms with Gasteiger partial charge in [-0.1, -0.05) is 0 Å². The average molecular weight is 242 g/mol. The summed E-state index contributed by atoms with van der Waals surface area (Å²) in [6, 6.07) is 0. The van der Waals surface area contributed by atoms with Crippen molar-refractivity contribution in [2.45, 2.75) is 12.4 Å². The molecular formula is C11H14O6. The van der Waals surface area contributed by atoms with Crippen molar-refractivity contribution in [1.29, 1.82) is 0 Å². The van der Waals surface area contributed by atoms with Gasteiger partial charge in [0.1, 0.15) is 6.61 Å². The molecule has 0 aromatic rings. The molecule has 0 aromatic heterocycles. The third-order valence-corrected chi connectivity index (χ3v) is 4.28. The summed E-state index contributed by atoms with van der Waals surface area (Å²) < 4.78 is 21.0. The van der Waals surface area contributed by atoms with Crippen molar-refractivity contribution in [1.82, 2.24) is 0 Å². The van der Waals surface area contributed by atoms with Crippen LogP contribution in [0.1, 0.15) is 6.42 Å². The number of methoxy groups -OCH3 is 2. The molecule has 2 saturated heterocycles. The van der Waals surface area contributed by atoms with Crippen LogP contribution in [0, 0.1) is 17.3 Å². The molecule has 94 valence electrons. The summed E-state index contributed by atoms with van der Waals surface area (Å²) in [4.78, 5) is 23.9. The maximum absolute atomic E-state index is 12.1. The maximum Gasteiger partial charge on any atom is 0.321 e. The third-order valence-electron chi connectivity index (χ3n) is 4.28. The van der Waals surface area contributed by atoms with Crippen molar-refractivity contribution >= 4 is 11.8 Å². The summed E-state index contributed by atoms with van der Waals surface area (Å²) in [5, 5.41) is 0. The van der Waals surface area contributed by atoms with Gasteiger partial charge in [0.15, 0.2) is 11.2 Å². The molecule has 0 bridgehead atoms. The highest BCUT2D eigenvalue weighted by Crippen LogP contribution is 2.66. The summed E-state index contributed by atoms with van der Waals surface area (Å²) in [5.74, 6) is -2.47. The standard InChI is InChI=1S/C11H14O6/c1-14-9(13)10-6-3-7(10)8(12)5-17-11(10,15-2)16-4-6/h6-7H,3-5H2,1-2H3/t6-,7+,10+,11+/m1/s1. The molecule has 3 fully saturated rings. The lowest BCUT2D eigenvalue weighted by Crippen LogP contribution is -2.71. The van der Waals surface area contributed by atoms with E-state index in [1.807, 2.05) is 0 Å². The molecule has 3 aliphatic rings. The van der Waals surface area contributed by atoms with Crippen molar-refractivity contribution in [2.75, 3.05) is 27.4 Å². The van der Waals surface area contributed by atoms with Crippen molar-refractivity contribution in [2.24, 2.45) is 17.3 Å². The summed E-state index contributed by atoms with van der Waals surface area (Å²) in [6.07, 6.45) is 0.641. The fourth-order valence-electron chi connectivity index (χ4n) is 3.48. The number of ketones is 1. The van der Waals surface area contributed by atoms with Gasteiger partial charge in [-0.25, -0.2) is 0 Å². The Morgan fingerprint density at radius 3 is 2.82 bits per heavy atom. The van der Waals surface area contributed by atoms with Crippen molar-refractivity contribution in [3.05, 3.63) is 0 Å². The first-order valence-corrected chi connectivity index (χ1v) is 5.56. The van der Waals surface area contributed by atoms with Gasteiger partial charge in [0, 0.05) is 18.9 Å². The van der Waals surface area contributed by atoms with Crippen LogP contribution < -0.4 is 0 Å². The van der Waals surface area contributed by atoms with Crippen LogP contribution in [0.4, 0.5) is 0 Å². The molecule has 0 spiro atoms. The van der Waals surface area contributed by atoms with E-state index in [0.717, 1.165) is 0 Å². The molecule has 0 N–H and O–H groups in total. The second-order valence-electron chi connectivity index (χ2n) is 4.67. The highest BCUT2D eigenvalue weighted by Gasteiger charge is 2.81. The SMILES string of the molecule is COC(=O)[C@@]12[C@H]3CO[C@]1(OC)OCC(=O)[C@@H]2C3. The van der Waals surface area contributed by atoms with E-state index in [2.05, 4.69) is 0 Å². The predicted octanol–water partition coefficient (Wildman–Crippen LogP) is -0.288. The molecule has 0 amide bonds. The van der Waals surface area contributed by atoms with Gasteiger partial charge in [-0.05, 0) is 6.42 Å². The van der Waals surface area contributed by atoms with Crippen LogP contribution in [0.15, 0.2) is 0 Å². The Balaban J connectivity index is 2.11. The number of hydrogen-bond donors (Lipinski definition) is 0. The van der Waals surface area contributed by atoms with Gasteiger partial charge in [0.25, 0.3) is 0 Å². The fourth-order valence-corrected chi connectivity index (χ4v) is 3.48. The molecule has 2 aliphatic heterocycles. The van der Waals surface area contributed by atoms with Gasteiger partial charge in [-0.2, -0.15) is 0 Å². The molecule has 3 rings (SSSR count). The van der Waals surface area contributed by atoms with Gasteiger partial charge >= 0.3 is 11.9 Å². The fraction of sp³-hybridized carbons (Fsp3) is 0.818. The normalized spacial score (nSPS) is 47.3. The van der Waals surface area contributed by atoms with Gasteiger partial charge in [-0.3, -0.25) is 9.59 Å². The van der Waals surface area contributed by atoms with Gasteiger partial charge < -0.3 is 18.9 Å². The number of ether oxygens (including phenoxy) is 4. The van der Waals surface area contributed by atoms with Crippen LogP contribution in [-0.4, -0.2) is 45.2 Å². The first-order chi connectivity index (χ1) is 8.12. The van der Waals surface area contributed by atoms with E-state index in [4.69, 9.17) is 18.9 Å². The van der Waals surface area contributed by atoms with Crippen LogP contribution in [0.25, 0.3) is 0 Å². The highest BCUT2D eigenvalue weighted by atomic mass is 16.9. The number of Topliss-reactive ketones (excluding diaryl/α,β-unsaturated/α-hetero) is 1. The Labute approximate surface area is 98.1 Å². The quantitative estimate of drug-likeness (QED) is 0.620. The predicted molar refractivity (Wildman–Crippen MR) is 52.7 cm³/mol. The average Bonchev–Trinajstić information content (AvgIpc) is 2.61. The molecule has 4 atom stereocenters. The largest absolute Gasteiger partial charge is 0.468 e. The Morgan fingerprint density at radius 1 is 1.41 bits per heavy atom. The molecule has 1 saturated carbocycles. The summed E-state index contributed by atoms with van der Waals surface area (Å²) in [5.41, 5.74) is -1.11. The van der Waals surface area contributed by atoms with Crippen molar-refractivity contribution in [3.63, 3.8) is 0 Å². The molecule has 0 aromatic carbocycles. The smallest absolute Gasteiger partial charge is 0.321 e. The Hall–Kier alpha value is -0.980. The number of rotatable bonds is 2. The van der Waals surface area contributed by atoms with Gasteiger partial charge in [0.05, 0.1) is 13.7 Å². The first-order valence-electron chi connectivity index (χ1n) is 5.56. The lowest BCUT2D eigenvalue weighted by atomic mass is 9.50. The van der Waals surface area contributed by atoms with Crippen LogP contribution in [0.5, 0.6) is 0 Å². The van der Waals surface area contributed by atoms with E-state index in [1.54, 1.807) is 0 Å². The Kier molecular flexibility index (Phi) is 2.14. The van der Waals surface area contributed by atoms with E-state index in [-0.39, 0.29) is 18.3 Å². The molecular weight excluding hydrogens is 228 g/mol. The molecule has 0 unspecified atom stereocenters. The zero-order valence-corrected chi connectivity index (χ0v) is 9.73. The molecule has 6 heteroatoms. The molecule has 1 aliphatic carbocycles. The molecule has 17 heavy (non-hydrogen) atoms. The molecule has 0 radical (unpaired) electrons. The minimum atomic E-state index is -1.44. The summed E-state index contributed by atoms with van der Waals surface area (Å²) in [7, 11) is 2.71. The number of hydrogen-bond acceptors (Lipinski definition) is 6. The number of carbonyl (C=O) groups is 2.